The summed E-state index contributed by atoms with van der Waals surface area (Å²) in [5.41, 5.74) is -2.80. The van der Waals surface area contributed by atoms with Gasteiger partial charge in [0.1, 0.15) is 0 Å². The molecule has 3 aromatic rings. The van der Waals surface area contributed by atoms with Crippen LogP contribution in [0.2, 0.25) is 19.6 Å². The van der Waals surface area contributed by atoms with Crippen LogP contribution in [0.1, 0.15) is 16.7 Å². The Labute approximate surface area is 203 Å². The predicted molar refractivity (Wildman–Crippen MR) is 126 cm³/mol. The molecule has 3 rings (SSSR count). The fraction of sp³-hybridized carbons (Fsp3) is 0.250. The van der Waals surface area contributed by atoms with Crippen molar-refractivity contribution in [3.8, 4) is 0 Å². The van der Waals surface area contributed by atoms with Gasteiger partial charge in [0, 0.05) is 7.05 Å². The molecule has 36 heavy (non-hydrogen) atoms. The summed E-state index contributed by atoms with van der Waals surface area (Å²) in [5, 5.41) is 0.868. The van der Waals surface area contributed by atoms with E-state index in [9.17, 15) is 39.5 Å². The smallest absolute Gasteiger partial charge is 0.325 e. The van der Waals surface area contributed by atoms with Gasteiger partial charge in [-0.1, -0.05) is 56.0 Å². The van der Waals surface area contributed by atoms with E-state index in [0.717, 1.165) is 36.4 Å². The van der Waals surface area contributed by atoms with Gasteiger partial charge < -0.3 is 4.41 Å². The molecule has 3 aromatic carbocycles. The molecule has 1 nitrogen and oxygen atoms in total. The maximum absolute atomic E-state index is 13.2. The van der Waals surface area contributed by atoms with E-state index in [-0.39, 0.29) is 15.9 Å². The first-order valence-corrected chi connectivity index (χ1v) is 15.7. The molecule has 0 fully saturated rings. The lowest BCUT2D eigenvalue weighted by atomic mass is 10.2. The minimum absolute atomic E-state index is 0.289. The Kier molecular flexibility index (Phi) is 7.33. The molecule has 0 N–H and O–H groups in total. The van der Waals surface area contributed by atoms with Crippen molar-refractivity contribution in [1.29, 1.82) is 0 Å². The summed E-state index contributed by atoms with van der Waals surface area (Å²) in [6.07, 6.45) is -13.9. The molecule has 194 valence electrons. The second kappa shape index (κ2) is 9.41. The Morgan fingerprint density at radius 2 is 0.694 bits per heavy atom. The molecule has 0 heterocycles. The quantitative estimate of drug-likeness (QED) is 0.176. The predicted octanol–water partition coefficient (Wildman–Crippen LogP) is 8.06. The molecule has 0 saturated carbocycles. The van der Waals surface area contributed by atoms with Crippen LogP contribution in [0.3, 0.4) is 0 Å². The zero-order chi connectivity index (χ0) is 27.2. The molecule has 0 amide bonds. The standard InChI is InChI=1S/C24H21F9NPSi/c1-36(2,3)34-35(19-10-4-16(5-11-19)22(25,26)27,20-12-6-17(7-13-20)23(28,29)30)21-14-8-18(9-15-21)24(31,32)33/h4-15H,1-3H3. The molecule has 0 aromatic heterocycles. The molecule has 12 heteroatoms. The fourth-order valence-corrected chi connectivity index (χ4v) is 11.3. The SMILES string of the molecule is C[Si](C)(C)N=P(c1ccc(C(F)(F)F)cc1)(c1ccc(C(F)(F)F)cc1)c1ccc(C(F)(F)F)cc1. The van der Waals surface area contributed by atoms with E-state index in [1.165, 1.54) is 36.4 Å². The minimum Gasteiger partial charge on any atom is -0.325 e. The summed E-state index contributed by atoms with van der Waals surface area (Å²) in [4.78, 5) is 0. The lowest BCUT2D eigenvalue weighted by molar-refractivity contribution is -0.138. The summed E-state index contributed by atoms with van der Waals surface area (Å²) in [7, 11) is -5.79. The van der Waals surface area contributed by atoms with Crippen molar-refractivity contribution in [2.75, 3.05) is 0 Å². The normalized spacial score (nSPS) is 13.6. The third-order valence-corrected chi connectivity index (χ3v) is 11.9. The van der Waals surface area contributed by atoms with Gasteiger partial charge in [-0.2, -0.15) is 39.5 Å². The van der Waals surface area contributed by atoms with E-state index in [0.29, 0.717) is 0 Å². The van der Waals surface area contributed by atoms with E-state index in [2.05, 4.69) is 0 Å². The van der Waals surface area contributed by atoms with Crippen molar-refractivity contribution < 1.29 is 39.5 Å². The maximum atomic E-state index is 13.2. The zero-order valence-electron chi connectivity index (χ0n) is 19.2. The van der Waals surface area contributed by atoms with Crippen molar-refractivity contribution in [2.45, 2.75) is 38.2 Å². The zero-order valence-corrected chi connectivity index (χ0v) is 21.1. The highest BCUT2D eigenvalue weighted by atomic mass is 31.2. The highest BCUT2D eigenvalue weighted by Gasteiger charge is 2.36. The van der Waals surface area contributed by atoms with Gasteiger partial charge in [0.25, 0.3) is 0 Å². The van der Waals surface area contributed by atoms with Crippen LogP contribution >= 0.6 is 7.05 Å². The second-order valence-corrected chi connectivity index (χ2v) is 17.0. The van der Waals surface area contributed by atoms with E-state index >= 15 is 0 Å². The van der Waals surface area contributed by atoms with Gasteiger partial charge in [-0.15, -0.1) is 0 Å². The summed E-state index contributed by atoms with van der Waals surface area (Å²) in [6, 6.07) is 12.3. The van der Waals surface area contributed by atoms with Gasteiger partial charge in [0.15, 0.2) is 8.24 Å². The van der Waals surface area contributed by atoms with E-state index in [1.54, 1.807) is 0 Å². The van der Waals surface area contributed by atoms with Gasteiger partial charge in [0.2, 0.25) is 0 Å². The largest absolute Gasteiger partial charge is 0.416 e. The Hall–Kier alpha value is -2.52. The van der Waals surface area contributed by atoms with E-state index in [1.807, 2.05) is 19.6 Å². The number of halogens is 9. The monoisotopic (exact) mass is 553 g/mol. The van der Waals surface area contributed by atoms with Crippen LogP contribution in [-0.4, -0.2) is 8.24 Å². The Morgan fingerprint density at radius 3 is 0.861 bits per heavy atom. The average molecular weight is 553 g/mol. The van der Waals surface area contributed by atoms with E-state index in [4.69, 9.17) is 4.41 Å². The molecular weight excluding hydrogens is 532 g/mol. The van der Waals surface area contributed by atoms with Crippen molar-refractivity contribution in [1.82, 2.24) is 0 Å². The molecule has 0 aliphatic rings. The van der Waals surface area contributed by atoms with Gasteiger partial charge >= 0.3 is 18.5 Å². The molecule has 0 bridgehead atoms. The lowest BCUT2D eigenvalue weighted by Gasteiger charge is -2.31. The van der Waals surface area contributed by atoms with Crippen molar-refractivity contribution >= 4 is 31.2 Å². The molecule has 0 radical (unpaired) electrons. The van der Waals surface area contributed by atoms with Gasteiger partial charge in [-0.25, -0.2) is 0 Å². The van der Waals surface area contributed by atoms with Gasteiger partial charge in [-0.3, -0.25) is 0 Å². The Bertz CT molecular complexity index is 1100. The number of alkyl halides is 9. The van der Waals surface area contributed by atoms with Gasteiger partial charge in [0.05, 0.1) is 16.7 Å². The van der Waals surface area contributed by atoms with Crippen LogP contribution in [0.5, 0.6) is 0 Å². The number of rotatable bonds is 4. The number of hydrogen-bond donors (Lipinski definition) is 0. The molecule has 0 aliphatic carbocycles. The first kappa shape index (κ1) is 28.1. The lowest BCUT2D eigenvalue weighted by Crippen LogP contribution is -2.30. The summed E-state index contributed by atoms with van der Waals surface area (Å²) < 4.78 is 124. The second-order valence-electron chi connectivity index (χ2n) is 9.04. The molecule has 0 spiro atoms. The minimum atomic E-state index is -4.63. The topological polar surface area (TPSA) is 12.4 Å². The molecule has 0 unspecified atom stereocenters. The van der Waals surface area contributed by atoms with Crippen LogP contribution < -0.4 is 15.9 Å². The summed E-state index contributed by atoms with van der Waals surface area (Å²) in [6.45, 7) is 5.50. The molecule has 0 aliphatic heterocycles. The van der Waals surface area contributed by atoms with Gasteiger partial charge in [-0.05, 0) is 52.3 Å². The summed E-state index contributed by atoms with van der Waals surface area (Å²) >= 11 is 0. The van der Waals surface area contributed by atoms with Crippen molar-refractivity contribution in [3.05, 3.63) is 89.5 Å². The number of nitrogens with zero attached hydrogens (tertiary/aromatic N) is 1. The first-order chi connectivity index (χ1) is 16.3. The van der Waals surface area contributed by atoms with Crippen molar-refractivity contribution in [2.24, 2.45) is 4.41 Å². The number of hydrogen-bond acceptors (Lipinski definition) is 1. The maximum Gasteiger partial charge on any atom is 0.416 e. The van der Waals surface area contributed by atoms with Crippen LogP contribution in [-0.2, 0) is 18.5 Å². The summed E-state index contributed by atoms with van der Waals surface area (Å²) in [5.74, 6) is 0. The third kappa shape index (κ3) is 6.06. The van der Waals surface area contributed by atoms with Crippen LogP contribution in [0, 0.1) is 0 Å². The van der Waals surface area contributed by atoms with Crippen LogP contribution in [0.4, 0.5) is 39.5 Å². The Balaban J connectivity index is 2.40. The van der Waals surface area contributed by atoms with Crippen LogP contribution in [0.25, 0.3) is 0 Å². The molecule has 0 saturated heterocycles. The van der Waals surface area contributed by atoms with Crippen molar-refractivity contribution in [3.63, 3.8) is 0 Å². The van der Waals surface area contributed by atoms with Crippen LogP contribution in [0.15, 0.2) is 77.2 Å². The van der Waals surface area contributed by atoms with E-state index < -0.39 is 50.5 Å². The highest BCUT2D eigenvalue weighted by molar-refractivity contribution is 7.88. The average Bonchev–Trinajstić information content (AvgIpc) is 2.75. The molecular formula is C24H21F9NPSi. The molecule has 0 atom stereocenters. The Morgan fingerprint density at radius 1 is 0.472 bits per heavy atom. The first-order valence-electron chi connectivity index (χ1n) is 10.5. The third-order valence-electron chi connectivity index (χ3n) is 5.15. The highest BCUT2D eigenvalue weighted by Crippen LogP contribution is 2.49. The fourth-order valence-electron chi connectivity index (χ4n) is 3.67. The number of benzene rings is 3.